The predicted molar refractivity (Wildman–Crippen MR) is 109 cm³/mol. The van der Waals surface area contributed by atoms with Crippen LogP contribution in [-0.2, 0) is 19.0 Å². The molecule has 2 atom stereocenters. The fourth-order valence-electron chi connectivity index (χ4n) is 3.43. The van der Waals surface area contributed by atoms with Gasteiger partial charge in [-0.25, -0.2) is 4.79 Å². The number of ether oxygens (including phenoxy) is 3. The van der Waals surface area contributed by atoms with Crippen molar-refractivity contribution < 1.29 is 23.8 Å². The van der Waals surface area contributed by atoms with Crippen molar-refractivity contribution in [2.24, 2.45) is 5.92 Å². The molecule has 164 valence electrons. The molecule has 0 radical (unpaired) electrons. The first-order chi connectivity index (χ1) is 12.6. The summed E-state index contributed by atoms with van der Waals surface area (Å²) in [6, 6.07) is -0.0955. The number of carbonyl (C=O) groups excluding carboxylic acids is 2. The molecule has 0 aromatic carbocycles. The molecule has 0 spiro atoms. The number of rotatable bonds is 7. The van der Waals surface area contributed by atoms with Gasteiger partial charge in [0.2, 0.25) is 0 Å². The van der Waals surface area contributed by atoms with Crippen molar-refractivity contribution in [2.75, 3.05) is 20.2 Å². The lowest BCUT2D eigenvalue weighted by Crippen LogP contribution is -2.50. The lowest BCUT2D eigenvalue weighted by atomic mass is 9.94. The van der Waals surface area contributed by atoms with Crippen molar-refractivity contribution in [2.45, 2.75) is 97.6 Å². The number of carbonyl (C=O) groups is 2. The zero-order valence-electron chi connectivity index (χ0n) is 19.2. The molecule has 2 unspecified atom stereocenters. The maximum absolute atomic E-state index is 12.8. The normalized spacial score (nSPS) is 20.8. The molecule has 1 amide bonds. The molecule has 0 aliphatic carbocycles. The van der Waals surface area contributed by atoms with Gasteiger partial charge in [-0.1, -0.05) is 0 Å². The van der Waals surface area contributed by atoms with Crippen molar-refractivity contribution in [3.8, 4) is 0 Å². The van der Waals surface area contributed by atoms with Crippen LogP contribution in [0.2, 0.25) is 0 Å². The molecule has 7 heteroatoms. The fraction of sp³-hybridized carbons (Fsp3) is 0.905. The Morgan fingerprint density at radius 1 is 1.14 bits per heavy atom. The zero-order chi connectivity index (χ0) is 21.8. The van der Waals surface area contributed by atoms with Crippen molar-refractivity contribution in [3.63, 3.8) is 0 Å². The average molecular weight is 401 g/mol. The van der Waals surface area contributed by atoms with Crippen molar-refractivity contribution in [1.82, 2.24) is 10.2 Å². The molecule has 1 aliphatic rings. The average Bonchev–Trinajstić information content (AvgIpc) is 2.76. The van der Waals surface area contributed by atoms with E-state index in [0.717, 1.165) is 13.0 Å². The lowest BCUT2D eigenvalue weighted by molar-refractivity contribution is -0.155. The molecule has 1 heterocycles. The molecule has 7 nitrogen and oxygen atoms in total. The molecule has 0 aromatic heterocycles. The van der Waals surface area contributed by atoms with E-state index in [4.69, 9.17) is 14.2 Å². The maximum atomic E-state index is 12.8. The number of hydrogen-bond donors (Lipinski definition) is 1. The largest absolute Gasteiger partial charge is 0.460 e. The van der Waals surface area contributed by atoms with E-state index in [-0.39, 0.29) is 24.0 Å². The van der Waals surface area contributed by atoms with E-state index in [1.165, 1.54) is 0 Å². The summed E-state index contributed by atoms with van der Waals surface area (Å²) in [4.78, 5) is 26.6. The number of amides is 1. The first kappa shape index (κ1) is 24.7. The summed E-state index contributed by atoms with van der Waals surface area (Å²) in [6.07, 6.45) is 1.41. The van der Waals surface area contributed by atoms with Crippen LogP contribution in [0.3, 0.4) is 0 Å². The van der Waals surface area contributed by atoms with Crippen LogP contribution in [0.5, 0.6) is 0 Å². The predicted octanol–water partition coefficient (Wildman–Crippen LogP) is 3.71. The Morgan fingerprint density at radius 3 is 2.21 bits per heavy atom. The Balaban J connectivity index is 2.78. The summed E-state index contributed by atoms with van der Waals surface area (Å²) < 4.78 is 16.9. The van der Waals surface area contributed by atoms with Crippen molar-refractivity contribution >= 4 is 12.1 Å². The summed E-state index contributed by atoms with van der Waals surface area (Å²) in [5.74, 6) is 0.0190. The number of hydrogen-bond acceptors (Lipinski definition) is 6. The molecular weight excluding hydrogens is 360 g/mol. The second kappa shape index (κ2) is 9.44. The van der Waals surface area contributed by atoms with E-state index in [1.807, 2.05) is 62.4 Å². The minimum absolute atomic E-state index is 0.0955. The monoisotopic (exact) mass is 400 g/mol. The van der Waals surface area contributed by atoms with E-state index >= 15 is 0 Å². The third-order valence-corrected chi connectivity index (χ3v) is 4.44. The van der Waals surface area contributed by atoms with Crippen LogP contribution in [0.15, 0.2) is 0 Å². The van der Waals surface area contributed by atoms with Gasteiger partial charge in [-0.2, -0.15) is 0 Å². The molecule has 1 rings (SSSR count). The second-order valence-electron chi connectivity index (χ2n) is 10.0. The minimum Gasteiger partial charge on any atom is -0.460 e. The van der Waals surface area contributed by atoms with Crippen LogP contribution in [0, 0.1) is 5.92 Å². The Bertz CT molecular complexity index is 534. The minimum atomic E-state index is -0.720. The van der Waals surface area contributed by atoms with Gasteiger partial charge >= 0.3 is 12.1 Å². The van der Waals surface area contributed by atoms with Gasteiger partial charge in [-0.05, 0) is 87.7 Å². The third-order valence-electron chi connectivity index (χ3n) is 4.44. The smallest absolute Gasteiger partial charge is 0.412 e. The Morgan fingerprint density at radius 2 is 1.71 bits per heavy atom. The van der Waals surface area contributed by atoms with E-state index in [0.29, 0.717) is 19.4 Å². The van der Waals surface area contributed by atoms with Gasteiger partial charge < -0.3 is 19.5 Å². The molecule has 0 saturated carbocycles. The van der Waals surface area contributed by atoms with Crippen LogP contribution >= 0.6 is 0 Å². The van der Waals surface area contributed by atoms with Gasteiger partial charge in [0.1, 0.15) is 16.9 Å². The highest BCUT2D eigenvalue weighted by Crippen LogP contribution is 2.33. The molecule has 28 heavy (non-hydrogen) atoms. The van der Waals surface area contributed by atoms with Gasteiger partial charge in [-0.15, -0.1) is 0 Å². The Labute approximate surface area is 170 Å². The molecule has 0 aromatic rings. The van der Waals surface area contributed by atoms with Gasteiger partial charge in [0.15, 0.2) is 0 Å². The lowest BCUT2D eigenvalue weighted by Gasteiger charge is -2.36. The highest BCUT2D eigenvalue weighted by atomic mass is 16.6. The number of nitrogens with zero attached hydrogens (tertiary/aromatic N) is 1. The zero-order valence-corrected chi connectivity index (χ0v) is 19.2. The summed E-state index contributed by atoms with van der Waals surface area (Å²) in [7, 11) is 1.89. The van der Waals surface area contributed by atoms with E-state index in [9.17, 15) is 9.59 Å². The first-order valence-electron chi connectivity index (χ1n) is 10.2. The molecule has 1 N–H and O–H groups in total. The van der Waals surface area contributed by atoms with Gasteiger partial charge in [0.05, 0.1) is 12.6 Å². The van der Waals surface area contributed by atoms with Crippen LogP contribution in [0.4, 0.5) is 4.79 Å². The van der Waals surface area contributed by atoms with Crippen LogP contribution < -0.4 is 5.32 Å². The van der Waals surface area contributed by atoms with Crippen molar-refractivity contribution in [3.05, 3.63) is 0 Å². The Kier molecular flexibility index (Phi) is 8.33. The van der Waals surface area contributed by atoms with Crippen LogP contribution in [0.25, 0.3) is 0 Å². The van der Waals surface area contributed by atoms with Gasteiger partial charge in [0, 0.05) is 6.42 Å². The van der Waals surface area contributed by atoms with Crippen molar-refractivity contribution in [1.29, 1.82) is 0 Å². The molecule has 1 saturated heterocycles. The Hall–Kier alpha value is -1.34. The van der Waals surface area contributed by atoms with E-state index < -0.39 is 16.9 Å². The highest BCUT2D eigenvalue weighted by Gasteiger charge is 2.46. The second-order valence-corrected chi connectivity index (χ2v) is 10.0. The quantitative estimate of drug-likeness (QED) is 0.657. The third kappa shape index (κ3) is 8.35. The fourth-order valence-corrected chi connectivity index (χ4v) is 3.43. The van der Waals surface area contributed by atoms with Gasteiger partial charge in [0.25, 0.3) is 0 Å². The number of esters is 1. The molecule has 1 fully saturated rings. The van der Waals surface area contributed by atoms with Crippen LogP contribution in [-0.4, -0.2) is 60.1 Å². The highest BCUT2D eigenvalue weighted by molar-refractivity contribution is 5.70. The summed E-state index contributed by atoms with van der Waals surface area (Å²) >= 11 is 0. The summed E-state index contributed by atoms with van der Waals surface area (Å²) in [5, 5.41) is 3.19. The molecule has 1 aliphatic heterocycles. The van der Waals surface area contributed by atoms with E-state index in [2.05, 4.69) is 5.32 Å². The summed E-state index contributed by atoms with van der Waals surface area (Å²) in [6.45, 7) is 16.1. The molecule has 0 bridgehead atoms. The van der Waals surface area contributed by atoms with Crippen LogP contribution in [0.1, 0.15) is 74.7 Å². The first-order valence-corrected chi connectivity index (χ1v) is 10.2. The van der Waals surface area contributed by atoms with Gasteiger partial charge in [-0.3, -0.25) is 9.69 Å². The maximum Gasteiger partial charge on any atom is 0.412 e. The molecular formula is C21H40N2O5. The van der Waals surface area contributed by atoms with E-state index in [1.54, 1.807) is 4.90 Å². The SMILES string of the molecule is CNCC(CCC(=O)OC(C)(C)C)CC1COC(C)(C)N1C(=O)OC(C)(C)C. The number of nitrogens with one attached hydrogen (secondary N) is 1. The summed E-state index contributed by atoms with van der Waals surface area (Å²) in [5.41, 5.74) is -1.77. The standard InChI is InChI=1S/C21H40N2O5/c1-19(2,3)27-17(24)11-10-15(13-22-9)12-16-14-26-21(7,8)23(16)18(25)28-20(4,5)6/h15-16,22H,10-14H2,1-9H3. The topological polar surface area (TPSA) is 77.1 Å².